The molecule has 0 radical (unpaired) electrons. The number of phenolic OH excluding ortho intramolecular Hbond substituents is 1. The van der Waals surface area contributed by atoms with Gasteiger partial charge in [0.25, 0.3) is 5.91 Å². The number of aliphatic hydroxyl groups excluding tert-OH is 2. The zero-order valence-electron chi connectivity index (χ0n) is 26.1. The molecule has 1 fully saturated rings. The van der Waals surface area contributed by atoms with E-state index in [9.17, 15) is 34.8 Å². The first-order chi connectivity index (χ1) is 20.2. The van der Waals surface area contributed by atoms with E-state index in [0.717, 1.165) is 44.5 Å². The lowest BCUT2D eigenvalue weighted by molar-refractivity contribution is -0.153. The number of rotatable bonds is 11. The van der Waals surface area contributed by atoms with Crippen molar-refractivity contribution in [2.24, 2.45) is 17.6 Å². The highest BCUT2D eigenvalue weighted by atomic mass is 16.3. The van der Waals surface area contributed by atoms with Gasteiger partial charge in [0.05, 0.1) is 11.6 Å². The third kappa shape index (κ3) is 5.32. The summed E-state index contributed by atoms with van der Waals surface area (Å²) < 4.78 is 0. The first-order valence-corrected chi connectivity index (χ1v) is 15.1. The molecular weight excluding hydrogens is 552 g/mol. The van der Waals surface area contributed by atoms with E-state index in [2.05, 4.69) is 18.7 Å². The minimum absolute atomic E-state index is 0.0585. The van der Waals surface area contributed by atoms with Gasteiger partial charge in [0.1, 0.15) is 22.8 Å². The number of hydrogen-bond acceptors (Lipinski definition) is 10. The highest BCUT2D eigenvalue weighted by molar-refractivity contribution is 6.24. The molecule has 1 aromatic rings. The maximum atomic E-state index is 14.2. The van der Waals surface area contributed by atoms with E-state index in [-0.39, 0.29) is 29.7 Å². The summed E-state index contributed by atoms with van der Waals surface area (Å²) >= 11 is 0. The molecule has 43 heavy (non-hydrogen) atoms. The van der Waals surface area contributed by atoms with E-state index < -0.39 is 58.0 Å². The molecule has 0 spiro atoms. The van der Waals surface area contributed by atoms with Crippen LogP contribution in [0.3, 0.4) is 0 Å². The first kappa shape index (κ1) is 32.5. The van der Waals surface area contributed by atoms with Gasteiger partial charge in [-0.15, -0.1) is 0 Å². The van der Waals surface area contributed by atoms with Gasteiger partial charge in [-0.1, -0.05) is 26.7 Å². The lowest BCUT2D eigenvalue weighted by Gasteiger charge is -2.50. The van der Waals surface area contributed by atoms with Gasteiger partial charge < -0.3 is 31.1 Å². The molecule has 3 aliphatic carbocycles. The number of benzene rings is 1. The summed E-state index contributed by atoms with van der Waals surface area (Å²) in [7, 11) is 6.92. The van der Waals surface area contributed by atoms with Crippen LogP contribution in [0.2, 0.25) is 0 Å². The number of nitrogens with zero attached hydrogens (tertiary/aromatic N) is 3. The van der Waals surface area contributed by atoms with Crippen LogP contribution in [0.25, 0.3) is 5.76 Å². The predicted molar refractivity (Wildman–Crippen MR) is 164 cm³/mol. The Bertz CT molecular complexity index is 1370. The molecule has 0 aliphatic heterocycles. The highest BCUT2D eigenvalue weighted by Crippen LogP contribution is 2.54. The molecular formula is C32H46N4O7. The maximum absolute atomic E-state index is 14.2. The van der Waals surface area contributed by atoms with Crippen molar-refractivity contribution in [3.63, 3.8) is 0 Å². The number of hydrogen-bond donors (Lipinski definition) is 5. The lowest BCUT2D eigenvalue weighted by atomic mass is 9.57. The van der Waals surface area contributed by atoms with Crippen molar-refractivity contribution < 1.29 is 34.8 Å². The normalized spacial score (nSPS) is 25.3. The molecule has 4 rings (SSSR count). The highest BCUT2D eigenvalue weighted by Gasteiger charge is 2.64. The first-order valence-electron chi connectivity index (χ1n) is 15.1. The van der Waals surface area contributed by atoms with Crippen LogP contribution in [0, 0.1) is 11.8 Å². The summed E-state index contributed by atoms with van der Waals surface area (Å²) in [6, 6.07) is 0.817. The van der Waals surface area contributed by atoms with Crippen LogP contribution in [0.5, 0.6) is 5.75 Å². The van der Waals surface area contributed by atoms with Gasteiger partial charge in [0, 0.05) is 43.4 Å². The fourth-order valence-electron chi connectivity index (χ4n) is 7.14. The SMILES string of the molecule is CCCCN(CCCC)Cc1cc(N(C)C)c2c(c1O)C(O)=C1C(=O)[C@]3(O)C(O)=C(C(N)=O)C(=O)[C@@H](N(C)C)[C@@H]3C[C@@H]1C2. The number of carbonyl (C=O) groups excluding carboxylic acids is 3. The Morgan fingerprint density at radius 2 is 1.65 bits per heavy atom. The Labute approximate surface area is 253 Å². The smallest absolute Gasteiger partial charge is 0.255 e. The number of amides is 1. The predicted octanol–water partition coefficient (Wildman–Crippen LogP) is 2.43. The maximum Gasteiger partial charge on any atom is 0.255 e. The zero-order valence-corrected chi connectivity index (χ0v) is 26.1. The molecule has 4 atom stereocenters. The second kappa shape index (κ2) is 12.3. The fraction of sp³-hybridized carbons (Fsp3) is 0.594. The number of ketones is 2. The zero-order chi connectivity index (χ0) is 32.0. The molecule has 3 aliphatic rings. The van der Waals surface area contributed by atoms with Gasteiger partial charge in [-0.2, -0.15) is 0 Å². The average molecular weight is 599 g/mol. The van der Waals surface area contributed by atoms with Crippen LogP contribution in [0.15, 0.2) is 23.0 Å². The third-order valence-corrected chi connectivity index (χ3v) is 9.31. The summed E-state index contributed by atoms with van der Waals surface area (Å²) in [5.74, 6) is -6.42. The largest absolute Gasteiger partial charge is 0.508 e. The van der Waals surface area contributed by atoms with E-state index in [0.29, 0.717) is 17.7 Å². The number of primary amides is 1. The van der Waals surface area contributed by atoms with Crippen LogP contribution in [0.4, 0.5) is 5.69 Å². The molecule has 11 heteroatoms. The molecule has 0 bridgehead atoms. The van der Waals surface area contributed by atoms with E-state index in [1.807, 2.05) is 25.1 Å². The number of aromatic hydroxyl groups is 1. The number of phenols is 1. The second-order valence-corrected chi connectivity index (χ2v) is 12.6. The van der Waals surface area contributed by atoms with Crippen LogP contribution in [-0.4, -0.2) is 101 Å². The van der Waals surface area contributed by atoms with Gasteiger partial charge in [-0.05, 0) is 70.4 Å². The number of nitrogens with two attached hydrogens (primary N) is 1. The van der Waals surface area contributed by atoms with Crippen molar-refractivity contribution in [2.75, 3.05) is 46.2 Å². The molecule has 0 heterocycles. The van der Waals surface area contributed by atoms with Gasteiger partial charge in [-0.25, -0.2) is 0 Å². The van der Waals surface area contributed by atoms with Crippen LogP contribution in [-0.2, 0) is 27.3 Å². The lowest BCUT2D eigenvalue weighted by Crippen LogP contribution is -2.65. The standard InChI is InChI=1S/C32H46N4O7/c1-7-9-11-36(12-10-8-2)16-18-15-21(34(3)4)19-13-17-14-20-25(35(5)6)28(39)24(31(33)42)30(41)32(20,43)29(40)22(17)27(38)23(19)26(18)37/h15,17,20,25,37-38,41,43H,7-14,16H2,1-6H3,(H2,33,42)/t17-,20-,25-,32-/m0/s1. The molecule has 236 valence electrons. The van der Waals surface area contributed by atoms with Crippen molar-refractivity contribution in [1.82, 2.24) is 9.80 Å². The number of anilines is 1. The van der Waals surface area contributed by atoms with Gasteiger partial charge in [-0.3, -0.25) is 24.2 Å². The number of Topliss-reactive ketones (excluding diaryl/α,β-unsaturated/α-hetero) is 2. The third-order valence-electron chi connectivity index (χ3n) is 9.31. The molecule has 0 unspecified atom stereocenters. The van der Waals surface area contributed by atoms with Crippen molar-refractivity contribution >= 4 is 28.9 Å². The summed E-state index contributed by atoms with van der Waals surface area (Å²) in [5.41, 5.74) is 3.99. The molecule has 0 aromatic heterocycles. The second-order valence-electron chi connectivity index (χ2n) is 12.6. The minimum Gasteiger partial charge on any atom is -0.508 e. The van der Waals surface area contributed by atoms with Crippen molar-refractivity contribution in [1.29, 1.82) is 0 Å². The summed E-state index contributed by atoms with van der Waals surface area (Å²) in [5, 5.41) is 46.3. The summed E-state index contributed by atoms with van der Waals surface area (Å²) in [6.45, 7) is 6.41. The number of likely N-dealkylation sites (N-methyl/N-ethyl adjacent to an activating group) is 1. The van der Waals surface area contributed by atoms with E-state index >= 15 is 0 Å². The van der Waals surface area contributed by atoms with Gasteiger partial charge in [0.2, 0.25) is 5.78 Å². The minimum atomic E-state index is -2.65. The summed E-state index contributed by atoms with van der Waals surface area (Å²) in [4.78, 5) is 45.4. The monoisotopic (exact) mass is 598 g/mol. The Morgan fingerprint density at radius 3 is 2.16 bits per heavy atom. The number of unbranched alkanes of at least 4 members (excludes halogenated alkanes) is 2. The number of fused-ring (bicyclic) bond motifs is 3. The van der Waals surface area contributed by atoms with E-state index in [4.69, 9.17) is 5.73 Å². The molecule has 0 saturated heterocycles. The van der Waals surface area contributed by atoms with Gasteiger partial charge in [0.15, 0.2) is 11.4 Å². The fourth-order valence-corrected chi connectivity index (χ4v) is 7.14. The molecule has 1 amide bonds. The number of aliphatic hydroxyl groups is 3. The van der Waals surface area contributed by atoms with Crippen molar-refractivity contribution in [3.8, 4) is 5.75 Å². The Morgan fingerprint density at radius 1 is 1.05 bits per heavy atom. The average Bonchev–Trinajstić information content (AvgIpc) is 2.92. The van der Waals surface area contributed by atoms with E-state index in [1.54, 1.807) is 14.1 Å². The Kier molecular flexibility index (Phi) is 9.30. The van der Waals surface area contributed by atoms with Crippen LogP contribution >= 0.6 is 0 Å². The molecule has 1 aromatic carbocycles. The van der Waals surface area contributed by atoms with E-state index in [1.165, 1.54) is 4.90 Å². The Hall–Kier alpha value is -3.41. The van der Waals surface area contributed by atoms with Crippen molar-refractivity contribution in [3.05, 3.63) is 39.7 Å². The number of carbonyl (C=O) groups is 3. The molecule has 1 saturated carbocycles. The van der Waals surface area contributed by atoms with Crippen LogP contribution < -0.4 is 10.6 Å². The summed E-state index contributed by atoms with van der Waals surface area (Å²) in [6.07, 6.45) is 4.38. The van der Waals surface area contributed by atoms with Crippen LogP contribution in [0.1, 0.15) is 62.6 Å². The quantitative estimate of drug-likeness (QED) is 0.239. The van der Waals surface area contributed by atoms with Gasteiger partial charge >= 0.3 is 0 Å². The van der Waals surface area contributed by atoms with Crippen molar-refractivity contribution in [2.45, 2.75) is 70.6 Å². The molecule has 11 nitrogen and oxygen atoms in total. The molecule has 6 N–H and O–H groups in total. The topological polar surface area (TPSA) is 168 Å². The Balaban J connectivity index is 1.90.